The van der Waals surface area contributed by atoms with Crippen molar-refractivity contribution in [2.45, 2.75) is 9.79 Å². The van der Waals surface area contributed by atoms with Crippen LogP contribution >= 0.6 is 11.8 Å². The van der Waals surface area contributed by atoms with Gasteiger partial charge in [0.1, 0.15) is 0 Å². The van der Waals surface area contributed by atoms with E-state index in [1.54, 1.807) is 11.8 Å². The number of nitrogens with zero attached hydrogens (tertiary/aromatic N) is 3. The van der Waals surface area contributed by atoms with E-state index in [-0.39, 0.29) is 0 Å². The van der Waals surface area contributed by atoms with E-state index in [1.807, 2.05) is 30.6 Å². The van der Waals surface area contributed by atoms with Crippen LogP contribution in [0.15, 0.2) is 52.5 Å². The minimum absolute atomic E-state index is 0.832. The predicted molar refractivity (Wildman–Crippen MR) is 77.7 cm³/mol. The molecule has 2 aromatic rings. The first-order chi connectivity index (χ1) is 9.42. The lowest BCUT2D eigenvalue weighted by molar-refractivity contribution is 0.579. The average molecular weight is 272 g/mol. The summed E-state index contributed by atoms with van der Waals surface area (Å²) >= 11 is 1.69. The van der Waals surface area contributed by atoms with E-state index in [0.717, 1.165) is 37.0 Å². The molecular formula is C14H16N4S. The van der Waals surface area contributed by atoms with Gasteiger partial charge >= 0.3 is 0 Å². The van der Waals surface area contributed by atoms with Crippen molar-refractivity contribution >= 4 is 17.7 Å². The number of hydrogen-bond acceptors (Lipinski definition) is 5. The standard InChI is InChI=1S/C14H16N4S/c1-2-4-12(5-3-1)19-13-10-16-14(17-11-13)18-8-6-15-7-9-18/h1-5,10-11,15H,6-9H2. The average Bonchev–Trinajstić information content (AvgIpc) is 2.50. The number of hydrogen-bond donors (Lipinski definition) is 1. The Morgan fingerprint density at radius 1 is 0.947 bits per heavy atom. The Balaban J connectivity index is 1.68. The third kappa shape index (κ3) is 3.24. The molecule has 1 fully saturated rings. The van der Waals surface area contributed by atoms with Gasteiger partial charge < -0.3 is 10.2 Å². The van der Waals surface area contributed by atoms with Crippen LogP contribution < -0.4 is 10.2 Å². The molecule has 0 bridgehead atoms. The lowest BCUT2D eigenvalue weighted by atomic mass is 10.4. The van der Waals surface area contributed by atoms with Gasteiger partial charge in [-0.15, -0.1) is 0 Å². The van der Waals surface area contributed by atoms with Gasteiger partial charge in [0.2, 0.25) is 5.95 Å². The van der Waals surface area contributed by atoms with Crippen LogP contribution in [0.2, 0.25) is 0 Å². The van der Waals surface area contributed by atoms with Crippen molar-refractivity contribution < 1.29 is 0 Å². The van der Waals surface area contributed by atoms with E-state index >= 15 is 0 Å². The molecule has 0 spiro atoms. The Kier molecular flexibility index (Phi) is 3.95. The second-order valence-corrected chi connectivity index (χ2v) is 5.52. The topological polar surface area (TPSA) is 41.1 Å². The van der Waals surface area contributed by atoms with Crippen LogP contribution in [0.5, 0.6) is 0 Å². The van der Waals surface area contributed by atoms with Crippen molar-refractivity contribution in [3.63, 3.8) is 0 Å². The number of rotatable bonds is 3. The molecule has 1 aromatic heterocycles. The number of benzene rings is 1. The zero-order chi connectivity index (χ0) is 12.9. The van der Waals surface area contributed by atoms with E-state index in [4.69, 9.17) is 0 Å². The van der Waals surface area contributed by atoms with Crippen molar-refractivity contribution in [3.8, 4) is 0 Å². The minimum atomic E-state index is 0.832. The summed E-state index contributed by atoms with van der Waals surface area (Å²) in [6.07, 6.45) is 3.81. The summed E-state index contributed by atoms with van der Waals surface area (Å²) in [5.74, 6) is 0.832. The molecule has 0 saturated carbocycles. The van der Waals surface area contributed by atoms with Gasteiger partial charge in [-0.2, -0.15) is 0 Å². The maximum atomic E-state index is 4.46. The molecule has 0 aliphatic carbocycles. The first-order valence-corrected chi connectivity index (χ1v) is 7.24. The van der Waals surface area contributed by atoms with Crippen LogP contribution in [-0.2, 0) is 0 Å². The van der Waals surface area contributed by atoms with Crippen LogP contribution in [0.1, 0.15) is 0 Å². The Labute approximate surface area is 117 Å². The highest BCUT2D eigenvalue weighted by atomic mass is 32.2. The van der Waals surface area contributed by atoms with Crippen molar-refractivity contribution in [3.05, 3.63) is 42.7 Å². The van der Waals surface area contributed by atoms with Gasteiger partial charge in [-0.1, -0.05) is 30.0 Å². The van der Waals surface area contributed by atoms with Crippen LogP contribution in [-0.4, -0.2) is 36.1 Å². The molecule has 5 heteroatoms. The Bertz CT molecular complexity index is 509. The molecule has 0 atom stereocenters. The van der Waals surface area contributed by atoms with Gasteiger partial charge in [0.15, 0.2) is 0 Å². The Morgan fingerprint density at radius 3 is 2.32 bits per heavy atom. The highest BCUT2D eigenvalue weighted by Gasteiger charge is 2.12. The van der Waals surface area contributed by atoms with E-state index < -0.39 is 0 Å². The quantitative estimate of drug-likeness (QED) is 0.926. The van der Waals surface area contributed by atoms with Gasteiger partial charge in [0.05, 0.1) is 0 Å². The summed E-state index contributed by atoms with van der Waals surface area (Å²) in [7, 11) is 0. The summed E-state index contributed by atoms with van der Waals surface area (Å²) in [6.45, 7) is 3.96. The van der Waals surface area contributed by atoms with E-state index in [0.29, 0.717) is 0 Å². The first kappa shape index (κ1) is 12.4. The molecule has 1 aliphatic rings. The number of nitrogens with one attached hydrogen (secondary N) is 1. The maximum absolute atomic E-state index is 4.46. The lowest BCUT2D eigenvalue weighted by Gasteiger charge is -2.27. The normalized spacial score (nSPS) is 15.5. The fourth-order valence-electron chi connectivity index (χ4n) is 2.01. The third-order valence-electron chi connectivity index (χ3n) is 2.99. The molecule has 3 rings (SSSR count). The molecule has 98 valence electrons. The molecule has 19 heavy (non-hydrogen) atoms. The summed E-state index contributed by atoms with van der Waals surface area (Å²) in [4.78, 5) is 13.4. The zero-order valence-corrected chi connectivity index (χ0v) is 11.4. The molecule has 4 nitrogen and oxygen atoms in total. The van der Waals surface area contributed by atoms with Crippen molar-refractivity contribution in [2.75, 3.05) is 31.1 Å². The van der Waals surface area contributed by atoms with Gasteiger partial charge in [0, 0.05) is 48.4 Å². The maximum Gasteiger partial charge on any atom is 0.225 e. The zero-order valence-electron chi connectivity index (χ0n) is 10.6. The monoisotopic (exact) mass is 272 g/mol. The fourth-order valence-corrected chi connectivity index (χ4v) is 2.79. The molecule has 1 N–H and O–H groups in total. The fraction of sp³-hybridized carbons (Fsp3) is 0.286. The van der Waals surface area contributed by atoms with Gasteiger partial charge in [-0.25, -0.2) is 9.97 Å². The molecule has 1 saturated heterocycles. The number of aromatic nitrogens is 2. The van der Waals surface area contributed by atoms with Gasteiger partial charge in [-0.05, 0) is 12.1 Å². The Morgan fingerprint density at radius 2 is 1.63 bits per heavy atom. The summed E-state index contributed by atoms with van der Waals surface area (Å²) < 4.78 is 0. The molecule has 0 unspecified atom stereocenters. The highest BCUT2D eigenvalue weighted by molar-refractivity contribution is 7.99. The summed E-state index contributed by atoms with van der Waals surface area (Å²) in [5, 5.41) is 3.33. The third-order valence-corrected chi connectivity index (χ3v) is 3.95. The van der Waals surface area contributed by atoms with Crippen molar-refractivity contribution in [2.24, 2.45) is 0 Å². The molecule has 1 aromatic carbocycles. The number of anilines is 1. The lowest BCUT2D eigenvalue weighted by Crippen LogP contribution is -2.44. The van der Waals surface area contributed by atoms with E-state index in [1.165, 1.54) is 4.90 Å². The predicted octanol–water partition coefficient (Wildman–Crippen LogP) is 2.04. The summed E-state index contributed by atoms with van der Waals surface area (Å²) in [5.41, 5.74) is 0. The minimum Gasteiger partial charge on any atom is -0.338 e. The largest absolute Gasteiger partial charge is 0.338 e. The van der Waals surface area contributed by atoms with Crippen LogP contribution in [0, 0.1) is 0 Å². The highest BCUT2D eigenvalue weighted by Crippen LogP contribution is 2.26. The molecule has 1 aliphatic heterocycles. The number of piperazine rings is 1. The van der Waals surface area contributed by atoms with Crippen molar-refractivity contribution in [1.29, 1.82) is 0 Å². The molecule has 0 amide bonds. The van der Waals surface area contributed by atoms with Gasteiger partial charge in [0.25, 0.3) is 0 Å². The smallest absolute Gasteiger partial charge is 0.225 e. The molecule has 0 radical (unpaired) electrons. The molecule has 2 heterocycles. The van der Waals surface area contributed by atoms with Crippen LogP contribution in [0.3, 0.4) is 0 Å². The van der Waals surface area contributed by atoms with Crippen LogP contribution in [0.4, 0.5) is 5.95 Å². The molecular weight excluding hydrogens is 256 g/mol. The van der Waals surface area contributed by atoms with Gasteiger partial charge in [-0.3, -0.25) is 0 Å². The first-order valence-electron chi connectivity index (χ1n) is 6.42. The second-order valence-electron chi connectivity index (χ2n) is 4.37. The second kappa shape index (κ2) is 6.04. The summed E-state index contributed by atoms with van der Waals surface area (Å²) in [6, 6.07) is 10.3. The van der Waals surface area contributed by atoms with E-state index in [2.05, 4.69) is 32.3 Å². The van der Waals surface area contributed by atoms with Crippen molar-refractivity contribution in [1.82, 2.24) is 15.3 Å². The van der Waals surface area contributed by atoms with E-state index in [9.17, 15) is 0 Å². The van der Waals surface area contributed by atoms with Crippen LogP contribution in [0.25, 0.3) is 0 Å². The SMILES string of the molecule is c1ccc(Sc2cnc(N3CCNCC3)nc2)cc1. The Hall–Kier alpha value is -1.59.